The summed E-state index contributed by atoms with van der Waals surface area (Å²) in [5, 5.41) is 0. The molecule has 1 aromatic rings. The second-order valence-electron chi connectivity index (χ2n) is 3.61. The SMILES string of the molecule is O=C1CC=CCC1.O=CCc1ccccc1. The van der Waals surface area contributed by atoms with Crippen LogP contribution in [0.25, 0.3) is 0 Å². The van der Waals surface area contributed by atoms with Gasteiger partial charge < -0.3 is 4.79 Å². The van der Waals surface area contributed by atoms with Crippen molar-refractivity contribution < 1.29 is 9.59 Å². The first kappa shape index (κ1) is 12.4. The number of Topliss-reactive ketones (excluding diaryl/α,β-unsaturated/α-hetero) is 1. The van der Waals surface area contributed by atoms with E-state index in [4.69, 9.17) is 0 Å². The standard InChI is InChI=1S/C8H8O.C6H8O/c9-7-6-8-4-2-1-3-5-8;7-6-4-2-1-3-5-6/h1-5,7H,6H2;1-2H,3-5H2. The minimum Gasteiger partial charge on any atom is -0.303 e. The Morgan fingerprint density at radius 2 is 1.88 bits per heavy atom. The summed E-state index contributed by atoms with van der Waals surface area (Å²) in [5.41, 5.74) is 1.08. The molecule has 16 heavy (non-hydrogen) atoms. The maximum atomic E-state index is 10.4. The maximum Gasteiger partial charge on any atom is 0.136 e. The first-order chi connectivity index (χ1) is 7.83. The van der Waals surface area contributed by atoms with Gasteiger partial charge in [-0.05, 0) is 12.0 Å². The van der Waals surface area contributed by atoms with E-state index in [0.29, 0.717) is 18.6 Å². The van der Waals surface area contributed by atoms with Gasteiger partial charge >= 0.3 is 0 Å². The summed E-state index contributed by atoms with van der Waals surface area (Å²) in [5.74, 6) is 0.377. The number of hydrogen-bond acceptors (Lipinski definition) is 2. The first-order valence-electron chi connectivity index (χ1n) is 5.47. The largest absolute Gasteiger partial charge is 0.303 e. The molecule has 0 atom stereocenters. The summed E-state index contributed by atoms with van der Waals surface area (Å²) in [7, 11) is 0. The van der Waals surface area contributed by atoms with Crippen LogP contribution in [0, 0.1) is 0 Å². The topological polar surface area (TPSA) is 34.1 Å². The lowest BCUT2D eigenvalue weighted by atomic mass is 10.1. The molecular formula is C14H16O2. The van der Waals surface area contributed by atoms with Crippen molar-refractivity contribution in [3.05, 3.63) is 48.0 Å². The van der Waals surface area contributed by atoms with Crippen LogP contribution >= 0.6 is 0 Å². The number of carbonyl (C=O) groups is 2. The number of benzene rings is 1. The molecule has 0 N–H and O–H groups in total. The fourth-order valence-electron chi connectivity index (χ4n) is 1.39. The molecule has 84 valence electrons. The van der Waals surface area contributed by atoms with E-state index in [-0.39, 0.29) is 0 Å². The molecule has 1 aliphatic carbocycles. The lowest BCUT2D eigenvalue weighted by Crippen LogP contribution is -1.97. The Hall–Kier alpha value is -1.70. The van der Waals surface area contributed by atoms with Gasteiger partial charge in [0.05, 0.1) is 0 Å². The van der Waals surface area contributed by atoms with Gasteiger partial charge in [-0.2, -0.15) is 0 Å². The van der Waals surface area contributed by atoms with Crippen molar-refractivity contribution in [2.45, 2.75) is 25.7 Å². The van der Waals surface area contributed by atoms with Gasteiger partial charge in [0.25, 0.3) is 0 Å². The lowest BCUT2D eigenvalue weighted by molar-refractivity contribution is -0.118. The Morgan fingerprint density at radius 1 is 1.12 bits per heavy atom. The van der Waals surface area contributed by atoms with Crippen molar-refractivity contribution in [2.24, 2.45) is 0 Å². The smallest absolute Gasteiger partial charge is 0.136 e. The third-order valence-electron chi connectivity index (χ3n) is 2.26. The highest BCUT2D eigenvalue weighted by Gasteiger charge is 1.99. The molecule has 0 aromatic heterocycles. The van der Waals surface area contributed by atoms with Crippen LogP contribution in [0.3, 0.4) is 0 Å². The first-order valence-corrected chi connectivity index (χ1v) is 5.47. The van der Waals surface area contributed by atoms with E-state index in [9.17, 15) is 9.59 Å². The molecule has 0 saturated carbocycles. The van der Waals surface area contributed by atoms with Crippen LogP contribution < -0.4 is 0 Å². The molecule has 0 saturated heterocycles. The van der Waals surface area contributed by atoms with Crippen LogP contribution in [0.4, 0.5) is 0 Å². The molecule has 0 bridgehead atoms. The molecule has 0 unspecified atom stereocenters. The molecular weight excluding hydrogens is 200 g/mol. The zero-order valence-electron chi connectivity index (χ0n) is 9.26. The predicted molar refractivity (Wildman–Crippen MR) is 64.2 cm³/mol. The normalized spacial score (nSPS) is 13.9. The molecule has 2 heteroatoms. The fraction of sp³-hybridized carbons (Fsp3) is 0.286. The molecule has 1 aliphatic rings. The maximum absolute atomic E-state index is 10.4. The highest BCUT2D eigenvalue weighted by Crippen LogP contribution is 2.03. The van der Waals surface area contributed by atoms with E-state index < -0.39 is 0 Å². The monoisotopic (exact) mass is 216 g/mol. The third kappa shape index (κ3) is 5.25. The van der Waals surface area contributed by atoms with Crippen molar-refractivity contribution in [3.8, 4) is 0 Å². The van der Waals surface area contributed by atoms with Gasteiger partial charge in [0.2, 0.25) is 0 Å². The van der Waals surface area contributed by atoms with E-state index in [1.54, 1.807) is 0 Å². The van der Waals surface area contributed by atoms with Gasteiger partial charge in [-0.3, -0.25) is 4.79 Å². The number of aldehydes is 1. The van der Waals surface area contributed by atoms with Gasteiger partial charge in [0.1, 0.15) is 12.1 Å². The second-order valence-corrected chi connectivity index (χ2v) is 3.61. The highest BCUT2D eigenvalue weighted by molar-refractivity contribution is 5.80. The average molecular weight is 216 g/mol. The molecule has 0 spiro atoms. The molecule has 2 rings (SSSR count). The minimum atomic E-state index is 0.377. The predicted octanol–water partition coefficient (Wildman–Crippen LogP) is 2.72. The summed E-state index contributed by atoms with van der Waals surface area (Å²) in [6, 6.07) is 9.68. The summed E-state index contributed by atoms with van der Waals surface area (Å²) < 4.78 is 0. The van der Waals surface area contributed by atoms with E-state index in [0.717, 1.165) is 24.7 Å². The van der Waals surface area contributed by atoms with E-state index in [2.05, 4.69) is 6.08 Å². The lowest BCUT2D eigenvalue weighted by Gasteiger charge is -1.97. The summed E-state index contributed by atoms with van der Waals surface area (Å²) in [4.78, 5) is 20.4. The van der Waals surface area contributed by atoms with Crippen LogP contribution in [0.15, 0.2) is 42.5 Å². The molecule has 0 fully saturated rings. The number of allylic oxidation sites excluding steroid dienone is 2. The van der Waals surface area contributed by atoms with Gasteiger partial charge in [0.15, 0.2) is 0 Å². The molecule has 1 aromatic carbocycles. The van der Waals surface area contributed by atoms with Crippen LogP contribution in [0.5, 0.6) is 0 Å². The summed E-state index contributed by atoms with van der Waals surface area (Å²) in [6.07, 6.45) is 7.82. The van der Waals surface area contributed by atoms with Crippen molar-refractivity contribution >= 4 is 12.1 Å². The zero-order chi connectivity index (χ0) is 11.6. The van der Waals surface area contributed by atoms with Gasteiger partial charge in [-0.1, -0.05) is 42.5 Å². The van der Waals surface area contributed by atoms with Gasteiger partial charge in [-0.15, -0.1) is 0 Å². The number of carbonyl (C=O) groups excluding carboxylic acids is 2. The van der Waals surface area contributed by atoms with E-state index in [1.807, 2.05) is 36.4 Å². The number of rotatable bonds is 2. The van der Waals surface area contributed by atoms with Crippen molar-refractivity contribution in [2.75, 3.05) is 0 Å². The van der Waals surface area contributed by atoms with Crippen LogP contribution in [0.1, 0.15) is 24.8 Å². The van der Waals surface area contributed by atoms with Crippen LogP contribution in [0.2, 0.25) is 0 Å². The van der Waals surface area contributed by atoms with Crippen molar-refractivity contribution in [1.29, 1.82) is 0 Å². The van der Waals surface area contributed by atoms with E-state index in [1.165, 1.54) is 0 Å². The van der Waals surface area contributed by atoms with Gasteiger partial charge in [-0.25, -0.2) is 0 Å². The van der Waals surface area contributed by atoms with Crippen molar-refractivity contribution in [3.63, 3.8) is 0 Å². The molecule has 2 nitrogen and oxygen atoms in total. The van der Waals surface area contributed by atoms with Gasteiger partial charge in [0, 0.05) is 19.3 Å². The zero-order valence-corrected chi connectivity index (χ0v) is 9.26. The summed E-state index contributed by atoms with van der Waals surface area (Å²) in [6.45, 7) is 0. The second kappa shape index (κ2) is 7.57. The third-order valence-corrected chi connectivity index (χ3v) is 2.26. The fourth-order valence-corrected chi connectivity index (χ4v) is 1.39. The van der Waals surface area contributed by atoms with Crippen molar-refractivity contribution in [1.82, 2.24) is 0 Å². The quantitative estimate of drug-likeness (QED) is 0.562. The van der Waals surface area contributed by atoms with Crippen LogP contribution in [-0.2, 0) is 16.0 Å². The molecule has 0 amide bonds. The summed E-state index contributed by atoms with van der Waals surface area (Å²) >= 11 is 0. The Bertz CT molecular complexity index is 352. The Balaban J connectivity index is 0.000000165. The molecule has 0 aliphatic heterocycles. The minimum absolute atomic E-state index is 0.377. The Kier molecular flexibility index (Phi) is 5.86. The Morgan fingerprint density at radius 3 is 2.31 bits per heavy atom. The average Bonchev–Trinajstić information content (AvgIpc) is 2.33. The Labute approximate surface area is 96.0 Å². The molecule has 0 heterocycles. The number of hydrogen-bond donors (Lipinski definition) is 0. The van der Waals surface area contributed by atoms with Crippen LogP contribution in [-0.4, -0.2) is 12.1 Å². The van der Waals surface area contributed by atoms with E-state index >= 15 is 0 Å². The number of ketones is 1. The molecule has 0 radical (unpaired) electrons. The highest BCUT2D eigenvalue weighted by atomic mass is 16.1.